The number of benzene rings is 1. The average molecular weight is 277 g/mol. The first-order valence-corrected chi connectivity index (χ1v) is 7.14. The molecule has 1 saturated heterocycles. The third-order valence-electron chi connectivity index (χ3n) is 3.69. The maximum atomic E-state index is 12.1. The molecule has 0 spiro atoms. The van der Waals surface area contributed by atoms with E-state index in [0.717, 1.165) is 29.7 Å². The predicted molar refractivity (Wildman–Crippen MR) is 78.0 cm³/mol. The lowest BCUT2D eigenvalue weighted by molar-refractivity contribution is -0.136. The Morgan fingerprint density at radius 2 is 2.00 bits per heavy atom. The molecular weight excluding hydrogens is 254 g/mol. The molecule has 1 aliphatic rings. The number of hydrogen-bond acceptors (Lipinski definition) is 3. The van der Waals surface area contributed by atoms with E-state index in [-0.39, 0.29) is 12.5 Å². The van der Waals surface area contributed by atoms with Gasteiger partial charge in [0, 0.05) is 13.1 Å². The standard InChI is InChI=1S/C16H23NO3/c1-11-7-12(2)16(13(3)8-11)20-10-15(19)17-6-4-5-14(18)9-17/h7-8,14,18H,4-6,9-10H2,1-3H3/t14-/m0/s1. The van der Waals surface area contributed by atoms with Crippen molar-refractivity contribution in [3.05, 3.63) is 28.8 Å². The maximum absolute atomic E-state index is 12.1. The van der Waals surface area contributed by atoms with Crippen LogP contribution in [0.25, 0.3) is 0 Å². The number of hydrogen-bond donors (Lipinski definition) is 1. The van der Waals surface area contributed by atoms with Crippen molar-refractivity contribution >= 4 is 5.91 Å². The number of amides is 1. The van der Waals surface area contributed by atoms with Crippen molar-refractivity contribution in [2.24, 2.45) is 0 Å². The zero-order valence-corrected chi connectivity index (χ0v) is 12.5. The molecular formula is C16H23NO3. The van der Waals surface area contributed by atoms with Gasteiger partial charge in [0.1, 0.15) is 5.75 Å². The van der Waals surface area contributed by atoms with Crippen molar-refractivity contribution in [2.75, 3.05) is 19.7 Å². The number of aliphatic hydroxyl groups is 1. The molecule has 0 bridgehead atoms. The van der Waals surface area contributed by atoms with E-state index >= 15 is 0 Å². The number of carbonyl (C=O) groups excluding carboxylic acids is 1. The van der Waals surface area contributed by atoms with Crippen LogP contribution in [0, 0.1) is 20.8 Å². The average Bonchev–Trinajstić information content (AvgIpc) is 2.37. The summed E-state index contributed by atoms with van der Waals surface area (Å²) >= 11 is 0. The molecule has 1 fully saturated rings. The van der Waals surface area contributed by atoms with Gasteiger partial charge < -0.3 is 14.7 Å². The zero-order valence-electron chi connectivity index (χ0n) is 12.5. The van der Waals surface area contributed by atoms with E-state index in [1.807, 2.05) is 20.8 Å². The molecule has 1 atom stereocenters. The monoisotopic (exact) mass is 277 g/mol. The Morgan fingerprint density at radius 1 is 1.35 bits per heavy atom. The van der Waals surface area contributed by atoms with Gasteiger partial charge in [-0.15, -0.1) is 0 Å². The summed E-state index contributed by atoms with van der Waals surface area (Å²) in [5.41, 5.74) is 3.29. The summed E-state index contributed by atoms with van der Waals surface area (Å²) < 4.78 is 5.70. The van der Waals surface area contributed by atoms with Crippen molar-refractivity contribution in [3.63, 3.8) is 0 Å². The third-order valence-corrected chi connectivity index (χ3v) is 3.69. The fourth-order valence-corrected chi connectivity index (χ4v) is 2.80. The van der Waals surface area contributed by atoms with Gasteiger partial charge in [-0.2, -0.15) is 0 Å². The van der Waals surface area contributed by atoms with Gasteiger partial charge in [-0.05, 0) is 44.7 Å². The second-order valence-electron chi connectivity index (χ2n) is 5.65. The zero-order chi connectivity index (χ0) is 14.7. The highest BCUT2D eigenvalue weighted by Crippen LogP contribution is 2.24. The SMILES string of the molecule is Cc1cc(C)c(OCC(=O)N2CCC[C@H](O)C2)c(C)c1. The molecule has 0 saturated carbocycles. The van der Waals surface area contributed by atoms with E-state index in [0.29, 0.717) is 13.1 Å². The minimum atomic E-state index is -0.393. The number of ether oxygens (including phenoxy) is 1. The van der Waals surface area contributed by atoms with Crippen molar-refractivity contribution in [2.45, 2.75) is 39.7 Å². The molecule has 4 heteroatoms. The number of likely N-dealkylation sites (tertiary alicyclic amines) is 1. The van der Waals surface area contributed by atoms with Gasteiger partial charge in [0.15, 0.2) is 6.61 Å². The summed E-state index contributed by atoms with van der Waals surface area (Å²) in [7, 11) is 0. The molecule has 4 nitrogen and oxygen atoms in total. The largest absolute Gasteiger partial charge is 0.483 e. The lowest BCUT2D eigenvalue weighted by Gasteiger charge is -2.30. The van der Waals surface area contributed by atoms with Gasteiger partial charge in [-0.1, -0.05) is 17.7 Å². The highest BCUT2D eigenvalue weighted by atomic mass is 16.5. The molecule has 1 N–H and O–H groups in total. The molecule has 1 aromatic rings. The number of nitrogens with zero attached hydrogens (tertiary/aromatic N) is 1. The summed E-state index contributed by atoms with van der Waals surface area (Å²) in [6, 6.07) is 4.11. The van der Waals surface area contributed by atoms with Crippen LogP contribution < -0.4 is 4.74 Å². The van der Waals surface area contributed by atoms with Crippen LogP contribution in [-0.4, -0.2) is 41.7 Å². The molecule has 1 aromatic carbocycles. The van der Waals surface area contributed by atoms with Crippen LogP contribution in [0.15, 0.2) is 12.1 Å². The van der Waals surface area contributed by atoms with Crippen molar-refractivity contribution in [1.29, 1.82) is 0 Å². The highest BCUT2D eigenvalue weighted by molar-refractivity contribution is 5.78. The van der Waals surface area contributed by atoms with E-state index < -0.39 is 6.10 Å². The summed E-state index contributed by atoms with van der Waals surface area (Å²) in [4.78, 5) is 13.8. The van der Waals surface area contributed by atoms with Gasteiger partial charge in [0.25, 0.3) is 5.91 Å². The second-order valence-corrected chi connectivity index (χ2v) is 5.65. The van der Waals surface area contributed by atoms with Gasteiger partial charge >= 0.3 is 0 Å². The highest BCUT2D eigenvalue weighted by Gasteiger charge is 2.22. The molecule has 1 aliphatic heterocycles. The Balaban J connectivity index is 1.96. The van der Waals surface area contributed by atoms with Crippen LogP contribution in [0.4, 0.5) is 0 Å². The van der Waals surface area contributed by atoms with E-state index in [1.165, 1.54) is 5.56 Å². The van der Waals surface area contributed by atoms with Gasteiger partial charge in [0.2, 0.25) is 0 Å². The van der Waals surface area contributed by atoms with Crippen molar-refractivity contribution in [1.82, 2.24) is 4.90 Å². The summed E-state index contributed by atoms with van der Waals surface area (Å²) in [5, 5.41) is 9.60. The minimum absolute atomic E-state index is 0.0391. The second kappa shape index (κ2) is 6.27. The lowest BCUT2D eigenvalue weighted by atomic mass is 10.1. The summed E-state index contributed by atoms with van der Waals surface area (Å²) in [6.45, 7) is 7.20. The Kier molecular flexibility index (Phi) is 4.65. The third kappa shape index (κ3) is 3.51. The molecule has 1 amide bonds. The van der Waals surface area contributed by atoms with E-state index in [9.17, 15) is 9.90 Å². The Hall–Kier alpha value is -1.55. The maximum Gasteiger partial charge on any atom is 0.260 e. The van der Waals surface area contributed by atoms with Gasteiger partial charge in [-0.25, -0.2) is 0 Å². The van der Waals surface area contributed by atoms with Gasteiger partial charge in [0.05, 0.1) is 6.10 Å². The summed E-state index contributed by atoms with van der Waals surface area (Å²) in [5.74, 6) is 0.740. The number of β-amino-alcohol motifs (C(OH)–C–C–N with tert-alkyl or cyclic N) is 1. The fourth-order valence-electron chi connectivity index (χ4n) is 2.80. The first kappa shape index (κ1) is 14.9. The molecule has 0 unspecified atom stereocenters. The Bertz CT molecular complexity index is 475. The lowest BCUT2D eigenvalue weighted by Crippen LogP contribution is -2.44. The molecule has 1 heterocycles. The molecule has 0 aromatic heterocycles. The topological polar surface area (TPSA) is 49.8 Å². The first-order chi connectivity index (χ1) is 9.47. The number of carbonyl (C=O) groups is 1. The van der Waals surface area contributed by atoms with Crippen LogP contribution in [0.1, 0.15) is 29.5 Å². The Morgan fingerprint density at radius 3 is 2.60 bits per heavy atom. The molecule has 20 heavy (non-hydrogen) atoms. The van der Waals surface area contributed by atoms with Crippen LogP contribution in [0.5, 0.6) is 5.75 Å². The van der Waals surface area contributed by atoms with Crippen LogP contribution >= 0.6 is 0 Å². The first-order valence-electron chi connectivity index (χ1n) is 7.14. The van der Waals surface area contributed by atoms with Crippen molar-refractivity contribution in [3.8, 4) is 5.75 Å². The fraction of sp³-hybridized carbons (Fsp3) is 0.562. The predicted octanol–water partition coefficient (Wildman–Crippen LogP) is 1.97. The van der Waals surface area contributed by atoms with Crippen LogP contribution in [0.3, 0.4) is 0 Å². The summed E-state index contributed by atoms with van der Waals surface area (Å²) in [6.07, 6.45) is 1.24. The molecule has 110 valence electrons. The smallest absolute Gasteiger partial charge is 0.260 e. The van der Waals surface area contributed by atoms with Gasteiger partial charge in [-0.3, -0.25) is 4.79 Å². The number of aryl methyl sites for hydroxylation is 3. The van der Waals surface area contributed by atoms with Crippen molar-refractivity contribution < 1.29 is 14.6 Å². The number of rotatable bonds is 3. The van der Waals surface area contributed by atoms with E-state index in [2.05, 4.69) is 12.1 Å². The Labute approximate surface area is 120 Å². The quantitative estimate of drug-likeness (QED) is 0.919. The molecule has 2 rings (SSSR count). The number of piperidine rings is 1. The number of aliphatic hydroxyl groups excluding tert-OH is 1. The molecule has 0 radical (unpaired) electrons. The van der Waals surface area contributed by atoms with Crippen LogP contribution in [-0.2, 0) is 4.79 Å². The van der Waals surface area contributed by atoms with E-state index in [4.69, 9.17) is 4.74 Å². The van der Waals surface area contributed by atoms with E-state index in [1.54, 1.807) is 4.90 Å². The molecule has 0 aliphatic carbocycles. The van der Waals surface area contributed by atoms with Crippen LogP contribution in [0.2, 0.25) is 0 Å². The minimum Gasteiger partial charge on any atom is -0.483 e. The normalized spacial score (nSPS) is 19.0.